The van der Waals surface area contributed by atoms with E-state index in [1.807, 2.05) is 11.3 Å². The number of allylic oxidation sites excluding steroid dienone is 4. The van der Waals surface area contributed by atoms with Crippen LogP contribution in [0.2, 0.25) is 0 Å². The highest BCUT2D eigenvalue weighted by Crippen LogP contribution is 2.82. The Kier molecular flexibility index (Phi) is 6.20. The second-order valence-corrected chi connectivity index (χ2v) is 20.0. The van der Waals surface area contributed by atoms with Gasteiger partial charge in [0.2, 0.25) is 0 Å². The van der Waals surface area contributed by atoms with Crippen LogP contribution in [0.15, 0.2) is 88.5 Å². The van der Waals surface area contributed by atoms with Gasteiger partial charge in [0.1, 0.15) is 0 Å². The molecule has 1 saturated carbocycles. The van der Waals surface area contributed by atoms with Crippen LogP contribution >= 0.6 is 17.8 Å². The van der Waals surface area contributed by atoms with Gasteiger partial charge in [-0.05, 0) is 141 Å². The maximum atomic E-state index is 7.21. The molecule has 8 bridgehead atoms. The van der Waals surface area contributed by atoms with Crippen LogP contribution in [0.4, 0.5) is 0 Å². The zero-order valence-corrected chi connectivity index (χ0v) is 28.8. The van der Waals surface area contributed by atoms with Crippen molar-refractivity contribution in [3.8, 4) is 0 Å². The van der Waals surface area contributed by atoms with E-state index in [9.17, 15) is 0 Å². The molecule has 0 saturated heterocycles. The molecule has 7 rings (SSSR count). The Bertz CT molecular complexity index is 1670. The smallest absolute Gasteiger partial charge is 0.0823 e. The first-order valence-corrected chi connectivity index (χ1v) is 19.0. The van der Waals surface area contributed by atoms with Gasteiger partial charge in [-0.2, -0.15) is 0 Å². The van der Waals surface area contributed by atoms with Crippen LogP contribution in [0.1, 0.15) is 107 Å². The van der Waals surface area contributed by atoms with E-state index in [0.29, 0.717) is 0 Å². The standard InChI is InChI=1S/C37H43N2PS2/c1-34(2)26-17-19-28(38-26)36(5,6)32-24-15-12-16-25(24)33(40(32,41)23-13-10-9-11-14-23)37(7,8)29-20-18-27(39-29)35(3,4)31-22-21-30(34)42-31/h9-11,13-14,17-22,38-39H,12,15-16H2,1-8H3. The lowest BCUT2D eigenvalue weighted by Gasteiger charge is -2.45. The van der Waals surface area contributed by atoms with E-state index in [4.69, 9.17) is 12.2 Å². The number of benzene rings is 1. The Balaban J connectivity index is 1.57. The normalized spacial score (nSPS) is 22.9. The summed E-state index contributed by atoms with van der Waals surface area (Å²) in [4.78, 5) is 10.7. The van der Waals surface area contributed by atoms with Crippen LogP contribution in [0.3, 0.4) is 0 Å². The summed E-state index contributed by atoms with van der Waals surface area (Å²) >= 11 is 9.16. The lowest BCUT2D eigenvalue weighted by atomic mass is 9.83. The minimum atomic E-state index is -2.34. The van der Waals surface area contributed by atoms with Gasteiger partial charge in [-0.25, -0.2) is 0 Å². The van der Waals surface area contributed by atoms with Crippen molar-refractivity contribution in [3.63, 3.8) is 0 Å². The lowest BCUT2D eigenvalue weighted by Crippen LogP contribution is -2.31. The van der Waals surface area contributed by atoms with Crippen LogP contribution in [-0.2, 0) is 33.9 Å². The van der Waals surface area contributed by atoms with Crippen molar-refractivity contribution < 1.29 is 0 Å². The predicted octanol–water partition coefficient (Wildman–Crippen LogP) is 10.1. The molecule has 3 aliphatic rings. The first kappa shape index (κ1) is 28.5. The highest BCUT2D eigenvalue weighted by Gasteiger charge is 2.58. The highest BCUT2D eigenvalue weighted by atomic mass is 32.7. The van der Waals surface area contributed by atoms with Crippen molar-refractivity contribution >= 4 is 35.4 Å². The fraction of sp³-hybridized carbons (Fsp3) is 0.405. The molecular weight excluding hydrogens is 568 g/mol. The van der Waals surface area contributed by atoms with Crippen molar-refractivity contribution in [1.29, 1.82) is 0 Å². The van der Waals surface area contributed by atoms with Crippen molar-refractivity contribution in [2.45, 2.75) is 96.3 Å². The third-order valence-corrected chi connectivity index (χ3v) is 18.0. The Hall–Kier alpha value is -2.26. The van der Waals surface area contributed by atoms with Gasteiger partial charge in [-0.15, -0.1) is 11.3 Å². The van der Waals surface area contributed by atoms with Crippen LogP contribution in [0.5, 0.6) is 0 Å². The van der Waals surface area contributed by atoms with Crippen molar-refractivity contribution in [1.82, 2.24) is 9.97 Å². The highest BCUT2D eigenvalue weighted by molar-refractivity contribution is 8.49. The number of H-pyrrole nitrogens is 2. The molecule has 2 nitrogen and oxygen atoms in total. The molecule has 5 heterocycles. The minimum Gasteiger partial charge on any atom is -0.541 e. The molecule has 1 aromatic carbocycles. The molecule has 1 aliphatic carbocycles. The molecule has 3 aromatic heterocycles. The van der Waals surface area contributed by atoms with Gasteiger partial charge in [0, 0.05) is 43.4 Å². The van der Waals surface area contributed by atoms with Crippen LogP contribution < -0.4 is 5.30 Å². The Labute approximate surface area is 261 Å². The largest absolute Gasteiger partial charge is 0.541 e. The number of hydrogen-bond acceptors (Lipinski definition) is 2. The summed E-state index contributed by atoms with van der Waals surface area (Å²) in [5.74, 6) is 0. The summed E-state index contributed by atoms with van der Waals surface area (Å²) in [5.41, 5.74) is 7.46. The fourth-order valence-corrected chi connectivity index (χ4v) is 16.0. The third kappa shape index (κ3) is 3.74. The number of hydrogen-bond donors (Lipinski definition) is 2. The molecule has 2 aliphatic heterocycles. The molecule has 4 aromatic rings. The van der Waals surface area contributed by atoms with Crippen molar-refractivity contribution in [3.05, 3.63) is 121 Å². The van der Waals surface area contributed by atoms with Gasteiger partial charge in [0.05, 0.1) is 26.8 Å². The van der Waals surface area contributed by atoms with E-state index < -0.39 is 6.46 Å². The predicted molar refractivity (Wildman–Crippen MR) is 184 cm³/mol. The molecule has 2 N–H and O–H groups in total. The quantitative estimate of drug-likeness (QED) is 0.163. The van der Waals surface area contributed by atoms with E-state index in [1.54, 1.807) is 11.1 Å². The van der Waals surface area contributed by atoms with E-state index in [0.717, 1.165) is 12.8 Å². The average molecular weight is 611 g/mol. The summed E-state index contributed by atoms with van der Waals surface area (Å²) in [7, 11) is 0. The van der Waals surface area contributed by atoms with E-state index >= 15 is 0 Å². The summed E-state index contributed by atoms with van der Waals surface area (Å²) in [6, 6.07) is 25.2. The van der Waals surface area contributed by atoms with Gasteiger partial charge in [0.15, 0.2) is 0 Å². The number of aromatic nitrogens is 2. The van der Waals surface area contributed by atoms with E-state index in [2.05, 4.69) is 132 Å². The van der Waals surface area contributed by atoms with Gasteiger partial charge in [0.25, 0.3) is 0 Å². The maximum Gasteiger partial charge on any atom is 0.0823 e. The van der Waals surface area contributed by atoms with E-state index in [1.165, 1.54) is 54.9 Å². The molecule has 1 fully saturated rings. The number of rotatable bonds is 1. The Morgan fingerprint density at radius 3 is 1.40 bits per heavy atom. The Morgan fingerprint density at radius 2 is 0.976 bits per heavy atom. The number of aromatic amines is 2. The minimum absolute atomic E-state index is 0.137. The van der Waals surface area contributed by atoms with Gasteiger partial charge in [-0.1, -0.05) is 18.2 Å². The molecule has 0 atom stereocenters. The number of fused-ring (bicyclic) bond motifs is 9. The first-order chi connectivity index (χ1) is 19.7. The maximum absolute atomic E-state index is 7.21. The van der Waals surface area contributed by atoms with Crippen molar-refractivity contribution in [2.24, 2.45) is 0 Å². The summed E-state index contributed by atoms with van der Waals surface area (Å²) in [6.07, 6.45) is 3.46. The third-order valence-electron chi connectivity index (χ3n) is 10.6. The van der Waals surface area contributed by atoms with Gasteiger partial charge < -0.3 is 22.2 Å². The Morgan fingerprint density at radius 1 is 0.571 bits per heavy atom. The van der Waals surface area contributed by atoms with Crippen LogP contribution in [-0.4, -0.2) is 9.97 Å². The monoisotopic (exact) mass is 610 g/mol. The van der Waals surface area contributed by atoms with Gasteiger partial charge in [-0.3, -0.25) is 0 Å². The fourth-order valence-electron chi connectivity index (χ4n) is 7.97. The second kappa shape index (κ2) is 9.13. The van der Waals surface area contributed by atoms with E-state index in [-0.39, 0.29) is 21.7 Å². The first-order valence-electron chi connectivity index (χ1n) is 15.4. The number of thiophene rings is 1. The molecule has 0 radical (unpaired) electrons. The zero-order valence-electron chi connectivity index (χ0n) is 26.2. The molecule has 0 spiro atoms. The second-order valence-electron chi connectivity index (χ2n) is 14.7. The average Bonchev–Trinajstić information content (AvgIpc) is 3.76. The summed E-state index contributed by atoms with van der Waals surface area (Å²) < 4.78 is 0. The van der Waals surface area contributed by atoms with Crippen molar-refractivity contribution in [2.75, 3.05) is 0 Å². The molecule has 0 amide bonds. The summed E-state index contributed by atoms with van der Waals surface area (Å²) in [6.45, 7) is 16.8. The molecule has 42 heavy (non-hydrogen) atoms. The SMILES string of the molecule is CC1(C)C2=C3CCCC3=C(C(C)(C)c3ccc([nH]3)C(C)(C)c3ccc(s3)C(C)(C)c3ccc1[nH]3)[P+]2([S-])c1ccccc1. The number of nitrogens with one attached hydrogen (secondary N) is 2. The van der Waals surface area contributed by atoms with Crippen LogP contribution in [0.25, 0.3) is 0 Å². The molecular formula is C37H43N2PS2. The molecule has 0 unspecified atom stereocenters. The van der Waals surface area contributed by atoms with Gasteiger partial charge >= 0.3 is 0 Å². The molecule has 5 heteroatoms. The topological polar surface area (TPSA) is 31.6 Å². The summed E-state index contributed by atoms with van der Waals surface area (Å²) in [5, 5.41) is 4.34. The molecule has 218 valence electrons. The lowest BCUT2D eigenvalue weighted by molar-refractivity contribution is 0.595. The van der Waals surface area contributed by atoms with Crippen LogP contribution in [0, 0.1) is 0 Å². The zero-order chi connectivity index (χ0) is 29.9.